The Balaban J connectivity index is 2.23. The van der Waals surface area contributed by atoms with E-state index in [0.29, 0.717) is 6.61 Å². The number of nitrogens with zero attached hydrogens (tertiary/aromatic N) is 2. The molecule has 0 fully saturated rings. The average molecular weight is 408 g/mol. The van der Waals surface area contributed by atoms with E-state index in [4.69, 9.17) is 9.47 Å². The molecule has 1 N–H and O–H groups in total. The molecule has 0 aliphatic heterocycles. The summed E-state index contributed by atoms with van der Waals surface area (Å²) in [5, 5.41) is 3.30. The van der Waals surface area contributed by atoms with Crippen LogP contribution in [-0.2, 0) is 20.7 Å². The van der Waals surface area contributed by atoms with Crippen LogP contribution in [0.5, 0.6) is 0 Å². The molecule has 134 valence electrons. The highest BCUT2D eigenvalue weighted by Gasteiger charge is 2.18. The number of ether oxygens (including phenoxy) is 2. The molecule has 0 saturated heterocycles. The van der Waals surface area contributed by atoms with Crippen molar-refractivity contribution in [3.8, 4) is 0 Å². The fourth-order valence-electron chi connectivity index (χ4n) is 2.41. The number of rotatable bonds is 8. The first-order valence-electron chi connectivity index (χ1n) is 8.00. The van der Waals surface area contributed by atoms with Gasteiger partial charge in [0.25, 0.3) is 0 Å². The van der Waals surface area contributed by atoms with E-state index < -0.39 is 0 Å². The first-order valence-corrected chi connectivity index (χ1v) is 8.79. The maximum atomic E-state index is 11.7. The molecule has 1 aromatic carbocycles. The van der Waals surface area contributed by atoms with Crippen molar-refractivity contribution in [2.45, 2.75) is 25.7 Å². The standard InChI is InChI=1S/C18H22BrN3O3/c1-4-17-20-9-14(10-21-17)22-16-7-12(5-6-15(16)19)13(11-24-2)8-18(23)25-3/h5-7,9-10,13,22H,4,8,11H2,1-3H3. The number of nitrogens with one attached hydrogen (secondary N) is 1. The second-order valence-corrected chi connectivity index (χ2v) is 6.39. The Morgan fingerprint density at radius 3 is 2.60 bits per heavy atom. The molecule has 1 aromatic heterocycles. The second-order valence-electron chi connectivity index (χ2n) is 5.54. The normalized spacial score (nSPS) is 11.8. The fourth-order valence-corrected chi connectivity index (χ4v) is 2.75. The Kier molecular flexibility index (Phi) is 7.33. The van der Waals surface area contributed by atoms with Crippen LogP contribution in [0.3, 0.4) is 0 Å². The van der Waals surface area contributed by atoms with E-state index in [2.05, 4.69) is 31.2 Å². The summed E-state index contributed by atoms with van der Waals surface area (Å²) in [5.74, 6) is 0.462. The molecule has 0 aliphatic rings. The van der Waals surface area contributed by atoms with Gasteiger partial charge in [-0.05, 0) is 33.6 Å². The van der Waals surface area contributed by atoms with Gasteiger partial charge in [0.05, 0.1) is 43.9 Å². The van der Waals surface area contributed by atoms with E-state index >= 15 is 0 Å². The average Bonchev–Trinajstić information content (AvgIpc) is 2.63. The van der Waals surface area contributed by atoms with Gasteiger partial charge in [-0.1, -0.05) is 13.0 Å². The van der Waals surface area contributed by atoms with E-state index in [-0.39, 0.29) is 18.3 Å². The van der Waals surface area contributed by atoms with E-state index in [1.165, 1.54) is 7.11 Å². The molecule has 0 aliphatic carbocycles. The molecule has 0 bridgehead atoms. The van der Waals surface area contributed by atoms with Gasteiger partial charge >= 0.3 is 5.97 Å². The monoisotopic (exact) mass is 407 g/mol. The Bertz CT molecular complexity index is 707. The molecule has 2 aromatic rings. The van der Waals surface area contributed by atoms with Gasteiger partial charge in [0.1, 0.15) is 5.82 Å². The van der Waals surface area contributed by atoms with Gasteiger partial charge in [0, 0.05) is 23.9 Å². The van der Waals surface area contributed by atoms with E-state index in [1.54, 1.807) is 19.5 Å². The van der Waals surface area contributed by atoms with Crippen LogP contribution in [0.2, 0.25) is 0 Å². The Labute approximate surface area is 156 Å². The van der Waals surface area contributed by atoms with Crippen LogP contribution in [-0.4, -0.2) is 36.8 Å². The van der Waals surface area contributed by atoms with Crippen LogP contribution in [0.15, 0.2) is 35.1 Å². The molecule has 0 amide bonds. The van der Waals surface area contributed by atoms with Gasteiger partial charge in [-0.3, -0.25) is 4.79 Å². The second kappa shape index (κ2) is 9.48. The van der Waals surface area contributed by atoms with Crippen molar-refractivity contribution < 1.29 is 14.3 Å². The zero-order chi connectivity index (χ0) is 18.2. The van der Waals surface area contributed by atoms with Crippen molar-refractivity contribution in [1.82, 2.24) is 9.97 Å². The number of esters is 1. The first kappa shape index (κ1) is 19.3. The van der Waals surface area contributed by atoms with Crippen molar-refractivity contribution in [3.05, 3.63) is 46.5 Å². The van der Waals surface area contributed by atoms with Crippen LogP contribution in [0.25, 0.3) is 0 Å². The van der Waals surface area contributed by atoms with E-state index in [9.17, 15) is 4.79 Å². The van der Waals surface area contributed by atoms with Gasteiger partial charge in [0.2, 0.25) is 0 Å². The Morgan fingerprint density at radius 2 is 2.00 bits per heavy atom. The molecule has 1 heterocycles. The number of benzene rings is 1. The van der Waals surface area contributed by atoms with Crippen LogP contribution in [0.4, 0.5) is 11.4 Å². The molecule has 2 rings (SSSR count). The summed E-state index contributed by atoms with van der Waals surface area (Å²) in [5.41, 5.74) is 2.66. The number of hydrogen-bond acceptors (Lipinski definition) is 6. The number of hydrogen-bond donors (Lipinski definition) is 1. The molecule has 25 heavy (non-hydrogen) atoms. The lowest BCUT2D eigenvalue weighted by molar-refractivity contribution is -0.141. The zero-order valence-electron chi connectivity index (χ0n) is 14.6. The van der Waals surface area contributed by atoms with Crippen LogP contribution >= 0.6 is 15.9 Å². The Morgan fingerprint density at radius 1 is 1.28 bits per heavy atom. The summed E-state index contributed by atoms with van der Waals surface area (Å²) in [7, 11) is 3.01. The number of halogens is 1. The molecule has 7 heteroatoms. The summed E-state index contributed by atoms with van der Waals surface area (Å²) in [6.07, 6.45) is 4.57. The maximum Gasteiger partial charge on any atom is 0.306 e. The lowest BCUT2D eigenvalue weighted by Crippen LogP contribution is -2.13. The lowest BCUT2D eigenvalue weighted by Gasteiger charge is -2.17. The largest absolute Gasteiger partial charge is 0.469 e. The van der Waals surface area contributed by atoms with Crippen molar-refractivity contribution in [2.24, 2.45) is 0 Å². The topological polar surface area (TPSA) is 73.3 Å². The zero-order valence-corrected chi connectivity index (χ0v) is 16.2. The highest BCUT2D eigenvalue weighted by Crippen LogP contribution is 2.31. The highest BCUT2D eigenvalue weighted by molar-refractivity contribution is 9.10. The number of carbonyl (C=O) groups is 1. The first-order chi connectivity index (χ1) is 12.1. The number of aromatic nitrogens is 2. The smallest absolute Gasteiger partial charge is 0.306 e. The third-order valence-corrected chi connectivity index (χ3v) is 4.46. The minimum atomic E-state index is -0.261. The van der Waals surface area contributed by atoms with Crippen LogP contribution in [0, 0.1) is 0 Å². The molecular formula is C18H22BrN3O3. The molecule has 0 spiro atoms. The van der Waals surface area contributed by atoms with Gasteiger partial charge < -0.3 is 14.8 Å². The van der Waals surface area contributed by atoms with Gasteiger partial charge in [0.15, 0.2) is 0 Å². The van der Waals surface area contributed by atoms with Crippen LogP contribution < -0.4 is 5.32 Å². The van der Waals surface area contributed by atoms with Gasteiger partial charge in [-0.15, -0.1) is 0 Å². The number of methoxy groups -OCH3 is 2. The van der Waals surface area contributed by atoms with Gasteiger partial charge in [-0.25, -0.2) is 9.97 Å². The fraction of sp³-hybridized carbons (Fsp3) is 0.389. The lowest BCUT2D eigenvalue weighted by atomic mass is 9.96. The molecular weight excluding hydrogens is 386 g/mol. The minimum absolute atomic E-state index is 0.0789. The summed E-state index contributed by atoms with van der Waals surface area (Å²) in [6, 6.07) is 5.90. The quantitative estimate of drug-likeness (QED) is 0.670. The number of anilines is 2. The molecule has 6 nitrogen and oxygen atoms in total. The predicted octanol–water partition coefficient (Wildman–Crippen LogP) is 3.84. The third kappa shape index (κ3) is 5.51. The number of carbonyl (C=O) groups excluding carboxylic acids is 1. The Hall–Kier alpha value is -1.99. The highest BCUT2D eigenvalue weighted by atomic mass is 79.9. The van der Waals surface area contributed by atoms with Crippen LogP contribution in [0.1, 0.15) is 30.7 Å². The van der Waals surface area contributed by atoms with E-state index in [0.717, 1.165) is 33.7 Å². The summed E-state index contributed by atoms with van der Waals surface area (Å²) in [6.45, 7) is 2.45. The summed E-state index contributed by atoms with van der Waals surface area (Å²) < 4.78 is 10.9. The summed E-state index contributed by atoms with van der Waals surface area (Å²) in [4.78, 5) is 20.2. The maximum absolute atomic E-state index is 11.7. The number of aryl methyl sites for hydroxylation is 1. The SMILES string of the molecule is CCc1ncc(Nc2cc(C(COC)CC(=O)OC)ccc2Br)cn1. The molecule has 0 saturated carbocycles. The van der Waals surface area contributed by atoms with Crippen molar-refractivity contribution in [1.29, 1.82) is 0 Å². The minimum Gasteiger partial charge on any atom is -0.469 e. The molecule has 1 atom stereocenters. The van der Waals surface area contributed by atoms with Gasteiger partial charge in [-0.2, -0.15) is 0 Å². The predicted molar refractivity (Wildman–Crippen MR) is 100 cm³/mol. The third-order valence-electron chi connectivity index (χ3n) is 3.77. The van der Waals surface area contributed by atoms with Crippen molar-refractivity contribution >= 4 is 33.3 Å². The van der Waals surface area contributed by atoms with Crippen molar-refractivity contribution in [2.75, 3.05) is 26.1 Å². The van der Waals surface area contributed by atoms with E-state index in [1.807, 2.05) is 25.1 Å². The molecule has 1 unspecified atom stereocenters. The molecule has 0 radical (unpaired) electrons. The van der Waals surface area contributed by atoms with Crippen molar-refractivity contribution in [3.63, 3.8) is 0 Å². The summed E-state index contributed by atoms with van der Waals surface area (Å²) >= 11 is 3.54.